The van der Waals surface area contributed by atoms with Crippen LogP contribution in [0.2, 0.25) is 0 Å². The molecule has 6 heteroatoms. The van der Waals surface area contributed by atoms with Crippen molar-refractivity contribution in [3.05, 3.63) is 81.4 Å². The number of rotatable bonds is 3. The van der Waals surface area contributed by atoms with Crippen LogP contribution in [0.3, 0.4) is 0 Å². The molecule has 0 N–H and O–H groups in total. The Kier molecular flexibility index (Phi) is 4.52. The molecular weight excluding hydrogens is 402 g/mol. The molecular formula is C26H27N3O3. The first kappa shape index (κ1) is 20.5. The molecule has 1 aromatic carbocycles. The highest BCUT2D eigenvalue weighted by molar-refractivity contribution is 6.16. The van der Waals surface area contributed by atoms with Crippen molar-refractivity contribution < 1.29 is 9.47 Å². The normalized spacial score (nSPS) is 17.7. The Morgan fingerprint density at radius 1 is 1.09 bits per heavy atom. The molecule has 2 aromatic heterocycles. The predicted octanol–water partition coefficient (Wildman–Crippen LogP) is 4.13. The summed E-state index contributed by atoms with van der Waals surface area (Å²) >= 11 is 0. The molecule has 0 fully saturated rings. The Bertz CT molecular complexity index is 1300. The molecule has 2 aliphatic rings. The highest BCUT2D eigenvalue weighted by Crippen LogP contribution is 2.47. The predicted molar refractivity (Wildman–Crippen MR) is 125 cm³/mol. The van der Waals surface area contributed by atoms with Gasteiger partial charge in [0.2, 0.25) is 0 Å². The summed E-state index contributed by atoms with van der Waals surface area (Å²) in [5, 5.41) is 0. The number of nitrogens with zero attached hydrogens (tertiary/aromatic N) is 3. The van der Waals surface area contributed by atoms with Crippen molar-refractivity contribution in [2.24, 2.45) is 4.99 Å². The Morgan fingerprint density at radius 2 is 1.91 bits per heavy atom. The maximum atomic E-state index is 13.0. The van der Waals surface area contributed by atoms with E-state index in [4.69, 9.17) is 14.5 Å². The third kappa shape index (κ3) is 3.40. The second-order valence-corrected chi connectivity index (χ2v) is 9.72. The lowest BCUT2D eigenvalue weighted by Crippen LogP contribution is -2.31. The van der Waals surface area contributed by atoms with Crippen molar-refractivity contribution >= 4 is 5.71 Å². The summed E-state index contributed by atoms with van der Waals surface area (Å²) in [5.41, 5.74) is 4.21. The van der Waals surface area contributed by atoms with Gasteiger partial charge < -0.3 is 9.47 Å². The molecule has 0 unspecified atom stereocenters. The van der Waals surface area contributed by atoms with Gasteiger partial charge in [-0.2, -0.15) is 0 Å². The largest absolute Gasteiger partial charge is 0.493 e. The lowest BCUT2D eigenvalue weighted by molar-refractivity contribution is 0.134. The number of aromatic nitrogens is 2. The molecule has 0 aliphatic carbocycles. The van der Waals surface area contributed by atoms with Crippen LogP contribution >= 0.6 is 0 Å². The third-order valence-corrected chi connectivity index (χ3v) is 5.99. The first-order valence-corrected chi connectivity index (χ1v) is 10.8. The molecule has 0 atom stereocenters. The summed E-state index contributed by atoms with van der Waals surface area (Å²) in [7, 11) is 1.68. The summed E-state index contributed by atoms with van der Waals surface area (Å²) in [6.45, 7) is 8.39. The molecule has 0 spiro atoms. The fraction of sp³-hybridized carbons (Fsp3) is 0.346. The Labute approximate surface area is 187 Å². The van der Waals surface area contributed by atoms with Crippen molar-refractivity contribution in [2.75, 3.05) is 7.11 Å². The molecule has 32 heavy (non-hydrogen) atoms. The SMILES string of the molecule is COc1cc2c(c3c1OC(C)(C)C3)C(c1ccn(-c3ccccn3)c(=O)c1)=NC(C)(C)C2. The molecule has 4 heterocycles. The molecule has 0 saturated carbocycles. The van der Waals surface area contributed by atoms with Crippen LogP contribution in [0.15, 0.2) is 58.6 Å². The van der Waals surface area contributed by atoms with E-state index in [2.05, 4.69) is 38.7 Å². The van der Waals surface area contributed by atoms with E-state index < -0.39 is 0 Å². The first-order chi connectivity index (χ1) is 15.2. The van der Waals surface area contributed by atoms with Gasteiger partial charge in [0.25, 0.3) is 5.56 Å². The highest BCUT2D eigenvalue weighted by Gasteiger charge is 2.39. The molecule has 6 nitrogen and oxygen atoms in total. The minimum absolute atomic E-state index is 0.143. The van der Waals surface area contributed by atoms with Crippen LogP contribution < -0.4 is 15.0 Å². The van der Waals surface area contributed by atoms with Gasteiger partial charge in [-0.25, -0.2) is 4.98 Å². The van der Waals surface area contributed by atoms with Gasteiger partial charge in [0.05, 0.1) is 18.4 Å². The van der Waals surface area contributed by atoms with E-state index in [-0.39, 0.29) is 16.7 Å². The molecule has 0 radical (unpaired) electrons. The van der Waals surface area contributed by atoms with Gasteiger partial charge in [-0.3, -0.25) is 14.4 Å². The number of hydrogen-bond donors (Lipinski definition) is 0. The minimum atomic E-state index is -0.328. The van der Waals surface area contributed by atoms with E-state index in [1.165, 1.54) is 5.56 Å². The summed E-state index contributed by atoms with van der Waals surface area (Å²) < 4.78 is 13.5. The summed E-state index contributed by atoms with van der Waals surface area (Å²) in [6, 6.07) is 11.2. The summed E-state index contributed by atoms with van der Waals surface area (Å²) in [6.07, 6.45) is 5.00. The van der Waals surface area contributed by atoms with Gasteiger partial charge in [-0.1, -0.05) is 6.07 Å². The molecule has 2 aliphatic heterocycles. The second-order valence-electron chi connectivity index (χ2n) is 9.72. The minimum Gasteiger partial charge on any atom is -0.493 e. The van der Waals surface area contributed by atoms with Gasteiger partial charge in [0.1, 0.15) is 11.4 Å². The van der Waals surface area contributed by atoms with E-state index >= 15 is 0 Å². The first-order valence-electron chi connectivity index (χ1n) is 10.8. The Morgan fingerprint density at radius 3 is 2.59 bits per heavy atom. The van der Waals surface area contributed by atoms with Crippen LogP contribution in [-0.4, -0.2) is 33.5 Å². The quantitative estimate of drug-likeness (QED) is 0.628. The maximum Gasteiger partial charge on any atom is 0.256 e. The van der Waals surface area contributed by atoms with Crippen molar-refractivity contribution in [1.29, 1.82) is 0 Å². The summed E-state index contributed by atoms with van der Waals surface area (Å²) in [5.74, 6) is 2.13. The lowest BCUT2D eigenvalue weighted by Gasteiger charge is -2.31. The van der Waals surface area contributed by atoms with Gasteiger partial charge in [0, 0.05) is 41.6 Å². The number of benzene rings is 1. The molecule has 0 amide bonds. The summed E-state index contributed by atoms with van der Waals surface area (Å²) in [4.78, 5) is 22.4. The monoisotopic (exact) mass is 429 g/mol. The zero-order valence-electron chi connectivity index (χ0n) is 19.1. The maximum absolute atomic E-state index is 13.0. The van der Waals surface area contributed by atoms with E-state index in [1.807, 2.05) is 24.3 Å². The number of fused-ring (bicyclic) bond motifs is 3. The topological polar surface area (TPSA) is 65.7 Å². The molecule has 0 bridgehead atoms. The highest BCUT2D eigenvalue weighted by atomic mass is 16.5. The molecule has 164 valence electrons. The second kappa shape index (κ2) is 7.05. The fourth-order valence-electron chi connectivity index (χ4n) is 4.74. The van der Waals surface area contributed by atoms with E-state index in [0.717, 1.165) is 46.7 Å². The van der Waals surface area contributed by atoms with Gasteiger partial charge >= 0.3 is 0 Å². The zero-order valence-corrected chi connectivity index (χ0v) is 19.1. The van der Waals surface area contributed by atoms with Crippen molar-refractivity contribution in [3.8, 4) is 17.3 Å². The van der Waals surface area contributed by atoms with Crippen LogP contribution in [0, 0.1) is 0 Å². The van der Waals surface area contributed by atoms with Crippen LogP contribution in [0.1, 0.15) is 49.9 Å². The Balaban J connectivity index is 1.70. The van der Waals surface area contributed by atoms with Crippen LogP contribution in [0.4, 0.5) is 0 Å². The van der Waals surface area contributed by atoms with Gasteiger partial charge in [0.15, 0.2) is 11.5 Å². The van der Waals surface area contributed by atoms with Gasteiger partial charge in [-0.05, 0) is 63.9 Å². The number of methoxy groups -OCH3 is 1. The zero-order chi connectivity index (χ0) is 22.7. The lowest BCUT2D eigenvalue weighted by atomic mass is 9.81. The fourth-order valence-corrected chi connectivity index (χ4v) is 4.74. The van der Waals surface area contributed by atoms with E-state index in [1.54, 1.807) is 30.1 Å². The number of pyridine rings is 2. The number of aliphatic imine (C=N–C) groups is 1. The van der Waals surface area contributed by atoms with E-state index in [9.17, 15) is 4.79 Å². The number of ether oxygens (including phenoxy) is 2. The molecule has 0 saturated heterocycles. The smallest absolute Gasteiger partial charge is 0.256 e. The van der Waals surface area contributed by atoms with Crippen LogP contribution in [0.25, 0.3) is 5.82 Å². The van der Waals surface area contributed by atoms with Crippen LogP contribution in [-0.2, 0) is 12.8 Å². The average Bonchev–Trinajstić information content (AvgIpc) is 3.07. The molecule has 3 aromatic rings. The van der Waals surface area contributed by atoms with Crippen LogP contribution in [0.5, 0.6) is 11.5 Å². The van der Waals surface area contributed by atoms with Gasteiger partial charge in [-0.15, -0.1) is 0 Å². The molecule has 5 rings (SSSR count). The third-order valence-electron chi connectivity index (χ3n) is 5.99. The van der Waals surface area contributed by atoms with Crippen molar-refractivity contribution in [2.45, 2.75) is 51.7 Å². The standard InChI is InChI=1S/C26H27N3O3/c1-25(2)14-17-12-19(31-5)24-18(15-26(3,4)32-24)22(17)23(28-25)16-9-11-29(21(30)13-16)20-8-6-7-10-27-20/h6-13H,14-15H2,1-5H3. The van der Waals surface area contributed by atoms with E-state index in [0.29, 0.717) is 5.82 Å². The van der Waals surface area contributed by atoms with Crippen molar-refractivity contribution in [1.82, 2.24) is 9.55 Å². The Hall–Kier alpha value is -3.41. The van der Waals surface area contributed by atoms with Crippen molar-refractivity contribution in [3.63, 3.8) is 0 Å². The average molecular weight is 430 g/mol. The number of hydrogen-bond acceptors (Lipinski definition) is 5.